The van der Waals surface area contributed by atoms with E-state index in [4.69, 9.17) is 14.9 Å². The van der Waals surface area contributed by atoms with Crippen molar-refractivity contribution in [2.24, 2.45) is 0 Å². The maximum atomic E-state index is 11.2. The molecule has 0 heterocycles. The van der Waals surface area contributed by atoms with Gasteiger partial charge in [0.05, 0.1) is 12.3 Å². The Morgan fingerprint density at radius 3 is 2.35 bits per heavy atom. The number of carbonyl (C=O) groups is 2. The number of anilines is 1. The van der Waals surface area contributed by atoms with Gasteiger partial charge in [0.2, 0.25) is 0 Å². The molecule has 1 atom stereocenters. The molecule has 6 nitrogen and oxygen atoms in total. The van der Waals surface area contributed by atoms with Crippen molar-refractivity contribution in [3.8, 4) is 11.1 Å². The van der Waals surface area contributed by atoms with Crippen molar-refractivity contribution < 1.29 is 24.5 Å². The number of unbranched alkanes of at least 4 members (excludes halogenated alkanes) is 1. The maximum absolute atomic E-state index is 11.2. The second-order valence-electron chi connectivity index (χ2n) is 4.36. The number of aliphatic hydroxyl groups excluding tert-OH is 1. The topological polar surface area (TPSA) is 95.9 Å². The van der Waals surface area contributed by atoms with Gasteiger partial charge in [0, 0.05) is 11.1 Å². The van der Waals surface area contributed by atoms with Crippen molar-refractivity contribution in [2.45, 2.75) is 32.8 Å². The van der Waals surface area contributed by atoms with Crippen LogP contribution in [-0.4, -0.2) is 35.0 Å². The first-order chi connectivity index (χ1) is 9.47. The minimum absolute atomic E-state index is 0.343. The molecule has 1 amide bonds. The van der Waals surface area contributed by atoms with Crippen LogP contribution in [0.15, 0.2) is 18.2 Å². The van der Waals surface area contributed by atoms with E-state index in [1.54, 1.807) is 0 Å². The molecule has 0 fully saturated rings. The van der Waals surface area contributed by atoms with Gasteiger partial charge in [-0.2, -0.15) is 0 Å². The van der Waals surface area contributed by atoms with E-state index in [-0.39, 0.29) is 6.09 Å². The van der Waals surface area contributed by atoms with Gasteiger partial charge in [0.25, 0.3) is 0 Å². The lowest BCUT2D eigenvalue weighted by Gasteiger charge is -2.01. The lowest BCUT2D eigenvalue weighted by atomic mass is 10.4. The highest BCUT2D eigenvalue weighted by Crippen LogP contribution is 2.48. The number of aliphatic carboxylic acids is 1. The van der Waals surface area contributed by atoms with Gasteiger partial charge >= 0.3 is 12.1 Å². The van der Waals surface area contributed by atoms with Crippen LogP contribution in [0.2, 0.25) is 0 Å². The highest BCUT2D eigenvalue weighted by atomic mass is 16.5. The second-order valence-corrected chi connectivity index (χ2v) is 4.36. The van der Waals surface area contributed by atoms with Crippen molar-refractivity contribution in [2.75, 3.05) is 11.9 Å². The third-order valence-corrected chi connectivity index (χ3v) is 2.61. The average molecular weight is 281 g/mol. The average Bonchev–Trinajstić information content (AvgIpc) is 2.84. The number of hydrogen-bond acceptors (Lipinski definition) is 4. The van der Waals surface area contributed by atoms with E-state index in [0.29, 0.717) is 6.61 Å². The van der Waals surface area contributed by atoms with Gasteiger partial charge in [-0.05, 0) is 13.3 Å². The molecule has 1 unspecified atom stereocenters. The van der Waals surface area contributed by atoms with Gasteiger partial charge in [0.1, 0.15) is 6.10 Å². The van der Waals surface area contributed by atoms with Crippen LogP contribution in [0.5, 0.6) is 0 Å². The van der Waals surface area contributed by atoms with E-state index in [1.807, 2.05) is 18.2 Å². The first kappa shape index (κ1) is 16.0. The fourth-order valence-electron chi connectivity index (χ4n) is 1.39. The second kappa shape index (κ2) is 7.49. The molecule has 6 heteroatoms. The Morgan fingerprint density at radius 1 is 1.35 bits per heavy atom. The quantitative estimate of drug-likeness (QED) is 0.732. The van der Waals surface area contributed by atoms with Crippen molar-refractivity contribution in [1.82, 2.24) is 0 Å². The zero-order valence-electron chi connectivity index (χ0n) is 11.5. The molecule has 0 bridgehead atoms. The third kappa shape index (κ3) is 4.89. The molecule has 20 heavy (non-hydrogen) atoms. The Bertz CT molecular complexity index is 464. The number of fused-ring (bicyclic) bond motifs is 1. The number of amides is 1. The number of carbonyl (C=O) groups excluding carboxylic acids is 1. The standard InChI is InChI=1S/C11H13NO2.C3H6O3/c1-2-3-7-14-11(13)12-10-8-5-4-6-9(8)10;1-2(4)3(5)6/h4-6H,2-3,7H2,1H3,(H,12,13);2,4H,1H3,(H,5,6). The number of para-hydroxylation sites is 1. The van der Waals surface area contributed by atoms with Crippen LogP contribution in [0.3, 0.4) is 0 Å². The molecular formula is C14H19NO5. The number of carboxylic acid groups (broad SMARTS) is 1. The zero-order chi connectivity index (χ0) is 15.1. The fourth-order valence-corrected chi connectivity index (χ4v) is 1.39. The number of hydrogen-bond donors (Lipinski definition) is 3. The molecule has 2 rings (SSSR count). The molecule has 0 radical (unpaired) electrons. The summed E-state index contributed by atoms with van der Waals surface area (Å²) < 4.78 is 4.96. The number of nitrogens with one attached hydrogen (secondary N) is 1. The van der Waals surface area contributed by atoms with E-state index in [9.17, 15) is 9.59 Å². The van der Waals surface area contributed by atoms with Crippen LogP contribution >= 0.6 is 0 Å². The van der Waals surface area contributed by atoms with Crippen molar-refractivity contribution in [3.63, 3.8) is 0 Å². The van der Waals surface area contributed by atoms with E-state index in [0.717, 1.165) is 29.7 Å². The highest BCUT2D eigenvalue weighted by molar-refractivity contribution is 6.10. The van der Waals surface area contributed by atoms with Gasteiger partial charge in [-0.3, -0.25) is 5.32 Å². The summed E-state index contributed by atoms with van der Waals surface area (Å²) in [5, 5.41) is 18.5. The molecule has 0 spiro atoms. The highest BCUT2D eigenvalue weighted by Gasteiger charge is 2.25. The predicted molar refractivity (Wildman–Crippen MR) is 74.6 cm³/mol. The lowest BCUT2D eigenvalue weighted by molar-refractivity contribution is -0.145. The molecule has 2 aliphatic carbocycles. The molecule has 0 saturated heterocycles. The smallest absolute Gasteiger partial charge is 0.411 e. The summed E-state index contributed by atoms with van der Waals surface area (Å²) in [6.45, 7) is 3.76. The van der Waals surface area contributed by atoms with Gasteiger partial charge in [-0.15, -0.1) is 0 Å². The number of benzene rings is 1. The Hall–Kier alpha value is -2.08. The van der Waals surface area contributed by atoms with Crippen LogP contribution in [0, 0.1) is 0 Å². The summed E-state index contributed by atoms with van der Waals surface area (Å²) >= 11 is 0. The minimum atomic E-state index is -1.23. The Labute approximate surface area is 117 Å². The van der Waals surface area contributed by atoms with Gasteiger partial charge in [0.15, 0.2) is 0 Å². The van der Waals surface area contributed by atoms with Gasteiger partial charge in [-0.1, -0.05) is 31.5 Å². The van der Waals surface area contributed by atoms with E-state index < -0.39 is 12.1 Å². The number of aliphatic hydroxyl groups is 1. The molecular weight excluding hydrogens is 262 g/mol. The van der Waals surface area contributed by atoms with E-state index in [1.165, 1.54) is 6.92 Å². The number of carboxylic acids is 1. The summed E-state index contributed by atoms with van der Waals surface area (Å²) in [4.78, 5) is 20.6. The van der Waals surface area contributed by atoms with Crippen LogP contribution in [0.4, 0.5) is 10.5 Å². The van der Waals surface area contributed by atoms with E-state index in [2.05, 4.69) is 12.2 Å². The van der Waals surface area contributed by atoms with Gasteiger partial charge < -0.3 is 14.9 Å². The van der Waals surface area contributed by atoms with Crippen LogP contribution in [0.25, 0.3) is 11.1 Å². The number of ether oxygens (including phenoxy) is 1. The van der Waals surface area contributed by atoms with Crippen LogP contribution in [0.1, 0.15) is 26.7 Å². The molecule has 0 aromatic heterocycles. The molecule has 0 aromatic carbocycles. The molecule has 0 aliphatic heterocycles. The Kier molecular flexibility index (Phi) is 5.99. The SMILES string of the molecule is CC(O)C(=O)O.CCCCOC(=O)Nc1c2cccc1-2. The summed E-state index contributed by atoms with van der Waals surface area (Å²) in [5.74, 6) is -1.19. The Balaban J connectivity index is 0.000000286. The number of rotatable bonds is 5. The monoisotopic (exact) mass is 281 g/mol. The lowest BCUT2D eigenvalue weighted by Crippen LogP contribution is -2.13. The van der Waals surface area contributed by atoms with Crippen LogP contribution < -0.4 is 5.32 Å². The van der Waals surface area contributed by atoms with Crippen molar-refractivity contribution in [1.29, 1.82) is 0 Å². The molecule has 2 aliphatic rings. The normalized spacial score (nSPS) is 11.8. The summed E-state index contributed by atoms with van der Waals surface area (Å²) in [7, 11) is 0. The fraction of sp³-hybridized carbons (Fsp3) is 0.429. The molecule has 0 aromatic rings. The van der Waals surface area contributed by atoms with E-state index >= 15 is 0 Å². The summed E-state index contributed by atoms with van der Waals surface area (Å²) in [5.41, 5.74) is 3.20. The Morgan fingerprint density at radius 2 is 1.90 bits per heavy atom. The largest absolute Gasteiger partial charge is 0.479 e. The third-order valence-electron chi connectivity index (χ3n) is 2.61. The molecule has 3 N–H and O–H groups in total. The van der Waals surface area contributed by atoms with Crippen molar-refractivity contribution >= 4 is 17.7 Å². The van der Waals surface area contributed by atoms with Crippen molar-refractivity contribution in [3.05, 3.63) is 18.2 Å². The molecule has 0 saturated carbocycles. The van der Waals surface area contributed by atoms with Crippen LogP contribution in [-0.2, 0) is 9.53 Å². The first-order valence-corrected chi connectivity index (χ1v) is 6.45. The first-order valence-electron chi connectivity index (χ1n) is 6.45. The maximum Gasteiger partial charge on any atom is 0.411 e. The minimum Gasteiger partial charge on any atom is -0.479 e. The molecule has 110 valence electrons. The summed E-state index contributed by atoms with van der Waals surface area (Å²) in [6.07, 6.45) is 0.381. The zero-order valence-corrected chi connectivity index (χ0v) is 11.5. The van der Waals surface area contributed by atoms with Gasteiger partial charge in [-0.25, -0.2) is 9.59 Å². The predicted octanol–water partition coefficient (Wildman–Crippen LogP) is 2.47. The summed E-state index contributed by atoms with van der Waals surface area (Å²) in [6, 6.07) is 5.94.